The third-order valence-corrected chi connectivity index (χ3v) is 1.66. The van der Waals surface area contributed by atoms with E-state index in [4.69, 9.17) is 11.6 Å². The first-order valence-corrected chi connectivity index (χ1v) is 4.54. The smallest absolute Gasteiger partial charge is 0.0906 e. The monoisotopic (exact) mass is 181 g/mol. The molecule has 68 valence electrons. The Bertz CT molecular complexity index is 88.2. The highest BCUT2D eigenvalue weighted by atomic mass is 35.5. The number of hydrogen-bond donors (Lipinski definition) is 1. The van der Waals surface area contributed by atoms with Crippen molar-refractivity contribution in [1.82, 2.24) is 5.32 Å². The molecule has 0 fully saturated rings. The van der Waals surface area contributed by atoms with E-state index in [1.165, 1.54) is 0 Å². The number of nitrogens with one attached hydrogen (secondary N) is 1. The highest BCUT2D eigenvalue weighted by Gasteiger charge is 2.04. The summed E-state index contributed by atoms with van der Waals surface area (Å²) in [6, 6.07) is 0.397. The summed E-state index contributed by atoms with van der Waals surface area (Å²) in [5.41, 5.74) is 0. The molecule has 0 aliphatic carbocycles. The Morgan fingerprint density at radius 2 is 2.09 bits per heavy atom. The maximum Gasteiger partial charge on any atom is 0.0906 e. The van der Waals surface area contributed by atoms with E-state index >= 15 is 0 Å². The van der Waals surface area contributed by atoms with Gasteiger partial charge in [-0.2, -0.15) is 0 Å². The van der Waals surface area contributed by atoms with Gasteiger partial charge in [-0.15, -0.1) is 11.6 Å². The summed E-state index contributed by atoms with van der Waals surface area (Å²) >= 11 is 5.77. The van der Waals surface area contributed by atoms with Gasteiger partial charge in [-0.05, 0) is 33.2 Å². The van der Waals surface area contributed by atoms with Gasteiger partial charge in [-0.3, -0.25) is 4.39 Å². The first kappa shape index (κ1) is 11.2. The summed E-state index contributed by atoms with van der Waals surface area (Å²) in [5, 5.41) is 3.39. The fourth-order valence-electron chi connectivity index (χ4n) is 0.986. The molecule has 0 saturated carbocycles. The minimum Gasteiger partial charge on any atom is -0.314 e. The molecule has 0 aromatic carbocycles. The molecule has 0 aromatic heterocycles. The van der Waals surface area contributed by atoms with Crippen LogP contribution in [-0.2, 0) is 0 Å². The van der Waals surface area contributed by atoms with Gasteiger partial charge in [0.25, 0.3) is 0 Å². The number of alkyl halides is 2. The summed E-state index contributed by atoms with van der Waals surface area (Å²) in [6.45, 7) is 4.55. The van der Waals surface area contributed by atoms with Crippen molar-refractivity contribution in [2.75, 3.05) is 13.2 Å². The molecule has 0 bridgehead atoms. The van der Waals surface area contributed by atoms with Crippen LogP contribution in [0.15, 0.2) is 0 Å². The highest BCUT2D eigenvalue weighted by molar-refractivity contribution is 6.20. The van der Waals surface area contributed by atoms with Crippen molar-refractivity contribution in [3.8, 4) is 0 Å². The molecule has 0 saturated heterocycles. The summed E-state index contributed by atoms with van der Waals surface area (Å²) in [4.78, 5) is 0. The number of halogens is 2. The van der Waals surface area contributed by atoms with Crippen molar-refractivity contribution in [3.05, 3.63) is 0 Å². The fraction of sp³-hybridized carbons (Fsp3) is 1.00. The van der Waals surface area contributed by atoms with Gasteiger partial charge >= 0.3 is 0 Å². The lowest BCUT2D eigenvalue weighted by molar-refractivity contribution is 0.435. The van der Waals surface area contributed by atoms with Crippen molar-refractivity contribution in [2.45, 2.75) is 38.1 Å². The molecule has 0 heterocycles. The van der Waals surface area contributed by atoms with Crippen LogP contribution in [0.25, 0.3) is 0 Å². The van der Waals surface area contributed by atoms with Crippen molar-refractivity contribution in [2.24, 2.45) is 0 Å². The topological polar surface area (TPSA) is 12.0 Å². The van der Waals surface area contributed by atoms with Gasteiger partial charge in [0, 0.05) is 11.4 Å². The molecule has 0 aliphatic rings. The first-order valence-electron chi connectivity index (χ1n) is 4.10. The fourth-order valence-corrected chi connectivity index (χ4v) is 1.25. The predicted molar refractivity (Wildman–Crippen MR) is 48.0 cm³/mol. The standard InChI is InChI=1S/C8H17ClFN/c1-7(9)6-8(2)11-5-3-4-10/h7-8,11H,3-6H2,1-2H3. The van der Waals surface area contributed by atoms with Crippen molar-refractivity contribution in [1.29, 1.82) is 0 Å². The Morgan fingerprint density at radius 1 is 1.45 bits per heavy atom. The maximum atomic E-state index is 11.6. The van der Waals surface area contributed by atoms with E-state index in [0.29, 0.717) is 12.5 Å². The van der Waals surface area contributed by atoms with Crippen LogP contribution in [0.2, 0.25) is 0 Å². The van der Waals surface area contributed by atoms with E-state index in [0.717, 1.165) is 13.0 Å². The quantitative estimate of drug-likeness (QED) is 0.490. The van der Waals surface area contributed by atoms with Crippen LogP contribution in [-0.4, -0.2) is 24.6 Å². The Balaban J connectivity index is 3.15. The summed E-state index contributed by atoms with van der Waals surface area (Å²) < 4.78 is 11.6. The van der Waals surface area contributed by atoms with Gasteiger partial charge < -0.3 is 5.32 Å². The van der Waals surface area contributed by atoms with Crippen molar-refractivity contribution < 1.29 is 4.39 Å². The molecule has 3 heteroatoms. The molecule has 1 nitrogen and oxygen atoms in total. The average molecular weight is 182 g/mol. The Labute approximate surface area is 73.3 Å². The lowest BCUT2D eigenvalue weighted by Gasteiger charge is -2.13. The molecule has 1 N–H and O–H groups in total. The second-order valence-corrected chi connectivity index (χ2v) is 3.66. The van der Waals surface area contributed by atoms with Gasteiger partial charge in [0.2, 0.25) is 0 Å². The first-order chi connectivity index (χ1) is 5.16. The zero-order valence-corrected chi connectivity index (χ0v) is 7.99. The van der Waals surface area contributed by atoms with Gasteiger partial charge in [-0.1, -0.05) is 0 Å². The van der Waals surface area contributed by atoms with Crippen LogP contribution in [0.4, 0.5) is 4.39 Å². The summed E-state index contributed by atoms with van der Waals surface area (Å²) in [7, 11) is 0. The van der Waals surface area contributed by atoms with E-state index in [2.05, 4.69) is 12.2 Å². The van der Waals surface area contributed by atoms with E-state index in [1.807, 2.05) is 6.92 Å². The highest BCUT2D eigenvalue weighted by Crippen LogP contribution is 2.03. The van der Waals surface area contributed by atoms with Crippen molar-refractivity contribution >= 4 is 11.6 Å². The molecule has 0 amide bonds. The number of hydrogen-bond acceptors (Lipinski definition) is 1. The molecule has 0 radical (unpaired) electrons. The minimum absolute atomic E-state index is 0.197. The number of rotatable bonds is 6. The van der Waals surface area contributed by atoms with Gasteiger partial charge in [0.05, 0.1) is 6.67 Å². The Hall–Kier alpha value is 0.180. The van der Waals surface area contributed by atoms with Gasteiger partial charge in [0.1, 0.15) is 0 Å². The van der Waals surface area contributed by atoms with E-state index in [-0.39, 0.29) is 12.1 Å². The largest absolute Gasteiger partial charge is 0.314 e. The molecular formula is C8H17ClFN. The SMILES string of the molecule is CC(Cl)CC(C)NCCCF. The zero-order chi connectivity index (χ0) is 8.69. The molecule has 2 atom stereocenters. The second-order valence-electron chi connectivity index (χ2n) is 2.91. The van der Waals surface area contributed by atoms with Crippen LogP contribution in [0, 0.1) is 0 Å². The molecule has 0 spiro atoms. The van der Waals surface area contributed by atoms with Crippen LogP contribution in [0.5, 0.6) is 0 Å². The zero-order valence-electron chi connectivity index (χ0n) is 7.24. The lowest BCUT2D eigenvalue weighted by atomic mass is 10.2. The maximum absolute atomic E-state index is 11.6. The Kier molecular flexibility index (Phi) is 6.98. The van der Waals surface area contributed by atoms with Gasteiger partial charge in [0.15, 0.2) is 0 Å². The molecule has 0 aromatic rings. The van der Waals surface area contributed by atoms with Crippen LogP contribution >= 0.6 is 11.6 Å². The van der Waals surface area contributed by atoms with Crippen LogP contribution in [0.1, 0.15) is 26.7 Å². The molecular weight excluding hydrogens is 165 g/mol. The molecule has 0 rings (SSSR count). The van der Waals surface area contributed by atoms with E-state index in [9.17, 15) is 4.39 Å². The van der Waals surface area contributed by atoms with Gasteiger partial charge in [-0.25, -0.2) is 0 Å². The van der Waals surface area contributed by atoms with Crippen LogP contribution < -0.4 is 5.32 Å². The van der Waals surface area contributed by atoms with E-state index in [1.54, 1.807) is 0 Å². The summed E-state index contributed by atoms with van der Waals surface area (Å²) in [6.07, 6.45) is 1.54. The molecule has 2 unspecified atom stereocenters. The molecule has 11 heavy (non-hydrogen) atoms. The average Bonchev–Trinajstić information content (AvgIpc) is 1.86. The second kappa shape index (κ2) is 6.86. The van der Waals surface area contributed by atoms with E-state index < -0.39 is 0 Å². The normalized spacial score (nSPS) is 16.4. The van der Waals surface area contributed by atoms with Crippen LogP contribution in [0.3, 0.4) is 0 Å². The third-order valence-electron chi connectivity index (χ3n) is 1.48. The minimum atomic E-state index is -0.240. The van der Waals surface area contributed by atoms with Crippen molar-refractivity contribution in [3.63, 3.8) is 0 Å². The Morgan fingerprint density at radius 3 is 2.55 bits per heavy atom. The lowest BCUT2D eigenvalue weighted by Crippen LogP contribution is -2.29. The molecule has 0 aliphatic heterocycles. The summed E-state index contributed by atoms with van der Waals surface area (Å²) in [5.74, 6) is 0. The third kappa shape index (κ3) is 8.08. The predicted octanol–water partition coefficient (Wildman–Crippen LogP) is 2.34.